The molecular formula is C20H27N5O. The summed E-state index contributed by atoms with van der Waals surface area (Å²) in [4.78, 5) is 4.79. The van der Waals surface area contributed by atoms with E-state index in [9.17, 15) is 0 Å². The van der Waals surface area contributed by atoms with E-state index in [0.717, 1.165) is 37.5 Å². The van der Waals surface area contributed by atoms with Gasteiger partial charge in [-0.3, -0.25) is 4.68 Å². The van der Waals surface area contributed by atoms with Crippen LogP contribution in [0, 0.1) is 12.8 Å². The molecule has 4 rings (SSSR count). The number of aryl methyl sites for hydroxylation is 3. The first kappa shape index (κ1) is 17.2. The third-order valence-corrected chi connectivity index (χ3v) is 5.32. The van der Waals surface area contributed by atoms with E-state index >= 15 is 0 Å². The summed E-state index contributed by atoms with van der Waals surface area (Å²) in [7, 11) is 4.04. The molecule has 1 aromatic carbocycles. The van der Waals surface area contributed by atoms with Gasteiger partial charge in [0.15, 0.2) is 0 Å². The lowest BCUT2D eigenvalue weighted by molar-refractivity contribution is -0.0279. The standard InChI is InChI=1S/C20H27N5O/c1-14-6-7-18-17(9-14)23-19(25(18)3)12-21-10-15-5-4-8-26-20(15)16-11-22-24(2)13-16/h6-7,9,11,13,15,20-21H,4-5,8,10,12H2,1-3H3/t15-,20+/m0/s1. The van der Waals surface area contributed by atoms with Gasteiger partial charge in [-0.2, -0.15) is 5.10 Å². The Bertz CT molecular complexity index is 897. The van der Waals surface area contributed by atoms with Crippen molar-refractivity contribution in [1.29, 1.82) is 0 Å². The van der Waals surface area contributed by atoms with Gasteiger partial charge in [0.05, 0.1) is 29.9 Å². The van der Waals surface area contributed by atoms with Crippen LogP contribution in [-0.2, 0) is 25.4 Å². The Morgan fingerprint density at radius 3 is 3.00 bits per heavy atom. The second-order valence-electron chi connectivity index (χ2n) is 7.35. The Kier molecular flexibility index (Phi) is 4.78. The van der Waals surface area contributed by atoms with Crippen molar-refractivity contribution in [1.82, 2.24) is 24.6 Å². The van der Waals surface area contributed by atoms with Crippen molar-refractivity contribution in [3.05, 3.63) is 47.5 Å². The van der Waals surface area contributed by atoms with Crippen molar-refractivity contribution in [3.8, 4) is 0 Å². The van der Waals surface area contributed by atoms with E-state index in [-0.39, 0.29) is 6.10 Å². The number of hydrogen-bond acceptors (Lipinski definition) is 4. The summed E-state index contributed by atoms with van der Waals surface area (Å²) in [5.41, 5.74) is 4.67. The highest BCUT2D eigenvalue weighted by Gasteiger charge is 2.28. The molecule has 1 N–H and O–H groups in total. The maximum Gasteiger partial charge on any atom is 0.123 e. The molecule has 138 valence electrons. The summed E-state index contributed by atoms with van der Waals surface area (Å²) in [6.07, 6.45) is 6.42. The fourth-order valence-corrected chi connectivity index (χ4v) is 3.90. The summed E-state index contributed by atoms with van der Waals surface area (Å²) in [5, 5.41) is 7.90. The van der Waals surface area contributed by atoms with E-state index in [4.69, 9.17) is 9.72 Å². The van der Waals surface area contributed by atoms with Crippen LogP contribution < -0.4 is 5.32 Å². The number of benzene rings is 1. The Balaban J connectivity index is 1.42. The predicted octanol–water partition coefficient (Wildman–Crippen LogP) is 2.87. The van der Waals surface area contributed by atoms with Crippen LogP contribution in [0.4, 0.5) is 0 Å². The number of nitrogens with zero attached hydrogens (tertiary/aromatic N) is 4. The Labute approximate surface area is 154 Å². The van der Waals surface area contributed by atoms with Crippen molar-refractivity contribution in [2.45, 2.75) is 32.4 Å². The minimum absolute atomic E-state index is 0.132. The highest BCUT2D eigenvalue weighted by Crippen LogP contribution is 2.33. The largest absolute Gasteiger partial charge is 0.373 e. The fraction of sp³-hybridized carbons (Fsp3) is 0.500. The van der Waals surface area contributed by atoms with Crippen LogP contribution in [0.2, 0.25) is 0 Å². The van der Waals surface area contributed by atoms with Gasteiger partial charge in [0.25, 0.3) is 0 Å². The molecule has 6 heteroatoms. The van der Waals surface area contributed by atoms with Crippen molar-refractivity contribution in [2.75, 3.05) is 13.2 Å². The number of fused-ring (bicyclic) bond motifs is 1. The molecule has 0 amide bonds. The van der Waals surface area contributed by atoms with Gasteiger partial charge < -0.3 is 14.6 Å². The summed E-state index contributed by atoms with van der Waals surface area (Å²) in [6, 6.07) is 6.43. The minimum atomic E-state index is 0.132. The van der Waals surface area contributed by atoms with Gasteiger partial charge in [0.1, 0.15) is 5.82 Å². The van der Waals surface area contributed by atoms with Gasteiger partial charge in [0.2, 0.25) is 0 Å². The number of rotatable bonds is 5. The molecule has 1 fully saturated rings. The van der Waals surface area contributed by atoms with Crippen LogP contribution in [0.25, 0.3) is 11.0 Å². The number of nitrogens with one attached hydrogen (secondary N) is 1. The van der Waals surface area contributed by atoms with Gasteiger partial charge in [-0.1, -0.05) is 6.07 Å². The lowest BCUT2D eigenvalue weighted by Gasteiger charge is -2.31. The van der Waals surface area contributed by atoms with Crippen LogP contribution in [0.15, 0.2) is 30.6 Å². The fourth-order valence-electron chi connectivity index (χ4n) is 3.90. The second-order valence-corrected chi connectivity index (χ2v) is 7.35. The van der Waals surface area contributed by atoms with Crippen LogP contribution in [-0.4, -0.2) is 32.5 Å². The monoisotopic (exact) mass is 353 g/mol. The Morgan fingerprint density at radius 1 is 1.31 bits per heavy atom. The van der Waals surface area contributed by atoms with Gasteiger partial charge in [0, 0.05) is 44.9 Å². The second kappa shape index (κ2) is 7.21. The van der Waals surface area contributed by atoms with E-state index in [1.54, 1.807) is 0 Å². The average molecular weight is 353 g/mol. The van der Waals surface area contributed by atoms with E-state index < -0.39 is 0 Å². The topological polar surface area (TPSA) is 56.9 Å². The number of aromatic nitrogens is 4. The highest BCUT2D eigenvalue weighted by molar-refractivity contribution is 5.76. The number of hydrogen-bond donors (Lipinski definition) is 1. The lowest BCUT2D eigenvalue weighted by Crippen LogP contribution is -2.32. The zero-order valence-electron chi connectivity index (χ0n) is 15.8. The van der Waals surface area contributed by atoms with Crippen LogP contribution in [0.1, 0.15) is 35.9 Å². The van der Waals surface area contributed by atoms with Crippen molar-refractivity contribution in [2.24, 2.45) is 20.0 Å². The van der Waals surface area contributed by atoms with Crippen molar-refractivity contribution < 1.29 is 4.74 Å². The molecular weight excluding hydrogens is 326 g/mol. The smallest absolute Gasteiger partial charge is 0.123 e. The SMILES string of the molecule is Cc1ccc2c(c1)nc(CNC[C@@H]1CCCO[C@H]1c1cnn(C)c1)n2C. The van der Waals surface area contributed by atoms with Gasteiger partial charge in [-0.25, -0.2) is 4.98 Å². The van der Waals surface area contributed by atoms with E-state index in [1.807, 2.05) is 17.9 Å². The zero-order chi connectivity index (χ0) is 18.1. The first-order valence-electron chi connectivity index (χ1n) is 9.34. The predicted molar refractivity (Wildman–Crippen MR) is 102 cm³/mol. The van der Waals surface area contributed by atoms with E-state index in [2.05, 4.69) is 53.3 Å². The van der Waals surface area contributed by atoms with Gasteiger partial charge in [-0.15, -0.1) is 0 Å². The first-order chi connectivity index (χ1) is 12.6. The molecule has 1 saturated heterocycles. The first-order valence-corrected chi connectivity index (χ1v) is 9.34. The van der Waals surface area contributed by atoms with E-state index in [0.29, 0.717) is 5.92 Å². The third-order valence-electron chi connectivity index (χ3n) is 5.32. The average Bonchev–Trinajstić information content (AvgIpc) is 3.19. The van der Waals surface area contributed by atoms with Gasteiger partial charge >= 0.3 is 0 Å². The van der Waals surface area contributed by atoms with E-state index in [1.165, 1.54) is 23.1 Å². The van der Waals surface area contributed by atoms with Crippen molar-refractivity contribution in [3.63, 3.8) is 0 Å². The molecule has 0 radical (unpaired) electrons. The maximum absolute atomic E-state index is 6.06. The molecule has 1 aliphatic heterocycles. The van der Waals surface area contributed by atoms with Crippen LogP contribution >= 0.6 is 0 Å². The lowest BCUT2D eigenvalue weighted by atomic mass is 9.91. The number of ether oxygens (including phenoxy) is 1. The molecule has 0 spiro atoms. The number of imidazole rings is 1. The molecule has 6 nitrogen and oxygen atoms in total. The molecule has 2 aromatic heterocycles. The normalized spacial score (nSPS) is 20.7. The molecule has 3 aromatic rings. The summed E-state index contributed by atoms with van der Waals surface area (Å²) in [5.74, 6) is 1.53. The molecule has 2 atom stereocenters. The summed E-state index contributed by atoms with van der Waals surface area (Å²) < 4.78 is 10.1. The quantitative estimate of drug-likeness (QED) is 0.766. The molecule has 0 saturated carbocycles. The molecule has 26 heavy (non-hydrogen) atoms. The maximum atomic E-state index is 6.06. The highest BCUT2D eigenvalue weighted by atomic mass is 16.5. The summed E-state index contributed by atoms with van der Waals surface area (Å²) in [6.45, 7) is 4.62. The van der Waals surface area contributed by atoms with Gasteiger partial charge in [-0.05, 0) is 37.5 Å². The Hall–Kier alpha value is -2.18. The minimum Gasteiger partial charge on any atom is -0.373 e. The zero-order valence-corrected chi connectivity index (χ0v) is 15.8. The molecule has 0 unspecified atom stereocenters. The summed E-state index contributed by atoms with van der Waals surface area (Å²) >= 11 is 0. The third kappa shape index (κ3) is 3.39. The molecule has 1 aliphatic rings. The molecule has 0 bridgehead atoms. The Morgan fingerprint density at radius 2 is 2.19 bits per heavy atom. The molecule has 0 aliphatic carbocycles. The van der Waals surface area contributed by atoms with Crippen LogP contribution in [0.3, 0.4) is 0 Å². The molecule has 3 heterocycles. The van der Waals surface area contributed by atoms with Crippen LogP contribution in [0.5, 0.6) is 0 Å². The van der Waals surface area contributed by atoms with Crippen molar-refractivity contribution >= 4 is 11.0 Å².